The van der Waals surface area contributed by atoms with Crippen molar-refractivity contribution in [2.75, 3.05) is 6.54 Å². The zero-order chi connectivity index (χ0) is 13.5. The van der Waals surface area contributed by atoms with E-state index in [4.69, 9.17) is 22.0 Å². The second kappa shape index (κ2) is 6.67. The van der Waals surface area contributed by atoms with Crippen LogP contribution in [0, 0.1) is 11.3 Å². The maximum Gasteiger partial charge on any atom is 0.265 e. The molecule has 1 amide bonds. The average molecular weight is 265 g/mol. The summed E-state index contributed by atoms with van der Waals surface area (Å²) in [6.45, 7) is 1.69. The third-order valence-electron chi connectivity index (χ3n) is 2.31. The molecular formula is C13H13ClN2O2. The van der Waals surface area contributed by atoms with Gasteiger partial charge < -0.3 is 10.4 Å². The van der Waals surface area contributed by atoms with Crippen molar-refractivity contribution in [1.29, 1.82) is 5.26 Å². The first-order valence-electron chi connectivity index (χ1n) is 5.37. The summed E-state index contributed by atoms with van der Waals surface area (Å²) >= 11 is 5.75. The summed E-state index contributed by atoms with van der Waals surface area (Å²) in [4.78, 5) is 11.5. The molecule has 1 aromatic rings. The Morgan fingerprint density at radius 3 is 2.56 bits per heavy atom. The molecule has 0 atom stereocenters. The molecule has 0 saturated carbocycles. The number of nitriles is 1. The molecule has 0 spiro atoms. The molecule has 94 valence electrons. The molecule has 0 aliphatic heterocycles. The first-order chi connectivity index (χ1) is 8.54. The van der Waals surface area contributed by atoms with Crippen LogP contribution in [0.15, 0.2) is 35.6 Å². The molecule has 0 unspecified atom stereocenters. The molecule has 1 aromatic carbocycles. The number of aliphatic hydroxyl groups is 1. The number of rotatable bonds is 4. The first-order valence-corrected chi connectivity index (χ1v) is 5.75. The van der Waals surface area contributed by atoms with Gasteiger partial charge in [0.25, 0.3) is 5.91 Å². The highest BCUT2D eigenvalue weighted by Crippen LogP contribution is 2.09. The molecular weight excluding hydrogens is 252 g/mol. The predicted octanol–water partition coefficient (Wildman–Crippen LogP) is 2.35. The standard InChI is InChI=1S/C13H13ClN2O2/c1-9(17)12(8-15)13(18)16-7-6-10-2-4-11(14)5-3-10/h2-5,17H,6-7H2,1H3,(H,16,18). The predicted molar refractivity (Wildman–Crippen MR) is 69.1 cm³/mol. The van der Waals surface area contributed by atoms with Crippen LogP contribution < -0.4 is 5.32 Å². The molecule has 5 heteroatoms. The van der Waals surface area contributed by atoms with Gasteiger partial charge in [0, 0.05) is 11.6 Å². The Morgan fingerprint density at radius 1 is 1.44 bits per heavy atom. The molecule has 0 radical (unpaired) electrons. The van der Waals surface area contributed by atoms with E-state index in [1.165, 1.54) is 6.92 Å². The molecule has 2 N–H and O–H groups in total. The lowest BCUT2D eigenvalue weighted by Gasteiger charge is -2.05. The highest BCUT2D eigenvalue weighted by Gasteiger charge is 2.11. The zero-order valence-corrected chi connectivity index (χ0v) is 10.7. The second-order valence-corrected chi connectivity index (χ2v) is 4.14. The van der Waals surface area contributed by atoms with Crippen molar-refractivity contribution < 1.29 is 9.90 Å². The van der Waals surface area contributed by atoms with E-state index >= 15 is 0 Å². The van der Waals surface area contributed by atoms with Crippen molar-refractivity contribution in [3.05, 3.63) is 46.2 Å². The number of aliphatic hydroxyl groups excluding tert-OH is 1. The Bertz CT molecular complexity index is 497. The summed E-state index contributed by atoms with van der Waals surface area (Å²) in [5, 5.41) is 21.0. The molecule has 0 aliphatic rings. The molecule has 0 bridgehead atoms. The summed E-state index contributed by atoms with van der Waals surface area (Å²) in [5.41, 5.74) is 0.772. The van der Waals surface area contributed by atoms with Crippen LogP contribution >= 0.6 is 11.6 Å². The zero-order valence-electron chi connectivity index (χ0n) is 9.90. The minimum Gasteiger partial charge on any atom is -0.511 e. The van der Waals surface area contributed by atoms with Crippen molar-refractivity contribution in [2.24, 2.45) is 0 Å². The molecule has 4 nitrogen and oxygen atoms in total. The summed E-state index contributed by atoms with van der Waals surface area (Å²) < 4.78 is 0. The largest absolute Gasteiger partial charge is 0.511 e. The number of nitrogens with one attached hydrogen (secondary N) is 1. The van der Waals surface area contributed by atoms with E-state index < -0.39 is 5.91 Å². The number of carbonyl (C=O) groups excluding carboxylic acids is 1. The lowest BCUT2D eigenvalue weighted by molar-refractivity contribution is -0.117. The van der Waals surface area contributed by atoms with E-state index in [0.717, 1.165) is 5.56 Å². The van der Waals surface area contributed by atoms with Crippen molar-refractivity contribution in [3.63, 3.8) is 0 Å². The summed E-state index contributed by atoms with van der Waals surface area (Å²) in [6.07, 6.45) is 0.631. The monoisotopic (exact) mass is 264 g/mol. The number of hydrogen-bond donors (Lipinski definition) is 2. The molecule has 0 aliphatic carbocycles. The van der Waals surface area contributed by atoms with Gasteiger partial charge in [0.2, 0.25) is 0 Å². The van der Waals surface area contributed by atoms with Crippen molar-refractivity contribution in [1.82, 2.24) is 5.32 Å². The van der Waals surface area contributed by atoms with E-state index in [1.807, 2.05) is 12.1 Å². The second-order valence-electron chi connectivity index (χ2n) is 3.70. The van der Waals surface area contributed by atoms with Gasteiger partial charge in [-0.05, 0) is 31.0 Å². The Morgan fingerprint density at radius 2 is 2.06 bits per heavy atom. The summed E-state index contributed by atoms with van der Waals surface area (Å²) in [6, 6.07) is 8.94. The van der Waals surface area contributed by atoms with E-state index in [0.29, 0.717) is 18.0 Å². The third kappa shape index (κ3) is 4.11. The maximum atomic E-state index is 11.5. The number of amides is 1. The normalized spacial score (nSPS) is 11.4. The average Bonchev–Trinajstić information content (AvgIpc) is 2.32. The quantitative estimate of drug-likeness (QED) is 0.498. The van der Waals surface area contributed by atoms with Crippen molar-refractivity contribution in [3.8, 4) is 6.07 Å². The van der Waals surface area contributed by atoms with E-state index in [2.05, 4.69) is 5.32 Å². The Kier molecular flexibility index (Phi) is 5.22. The van der Waals surface area contributed by atoms with E-state index in [1.54, 1.807) is 18.2 Å². The Balaban J connectivity index is 2.48. The van der Waals surface area contributed by atoms with Crippen LogP contribution in [0.2, 0.25) is 5.02 Å². The fraction of sp³-hybridized carbons (Fsp3) is 0.231. The van der Waals surface area contributed by atoms with Gasteiger partial charge in [-0.2, -0.15) is 5.26 Å². The van der Waals surface area contributed by atoms with Crippen LogP contribution in [0.25, 0.3) is 0 Å². The third-order valence-corrected chi connectivity index (χ3v) is 2.57. The van der Waals surface area contributed by atoms with Gasteiger partial charge >= 0.3 is 0 Å². The van der Waals surface area contributed by atoms with Gasteiger partial charge in [0.15, 0.2) is 5.57 Å². The van der Waals surface area contributed by atoms with Crippen LogP contribution in [-0.4, -0.2) is 17.6 Å². The number of hydrogen-bond acceptors (Lipinski definition) is 3. The van der Waals surface area contributed by atoms with Crippen molar-refractivity contribution >= 4 is 17.5 Å². The topological polar surface area (TPSA) is 73.1 Å². The maximum absolute atomic E-state index is 11.5. The molecule has 18 heavy (non-hydrogen) atoms. The number of halogens is 1. The molecule has 0 fully saturated rings. The fourth-order valence-corrected chi connectivity index (χ4v) is 1.48. The molecule has 1 rings (SSSR count). The van der Waals surface area contributed by atoms with Gasteiger partial charge in [-0.25, -0.2) is 0 Å². The summed E-state index contributed by atoms with van der Waals surface area (Å²) in [5.74, 6) is -0.840. The lowest BCUT2D eigenvalue weighted by Crippen LogP contribution is -2.27. The Hall–Kier alpha value is -1.99. The van der Waals surface area contributed by atoms with Gasteiger partial charge in [0.1, 0.15) is 11.8 Å². The SMILES string of the molecule is CC(O)=C(C#N)C(=O)NCCc1ccc(Cl)cc1. The number of allylic oxidation sites excluding steroid dienone is 1. The summed E-state index contributed by atoms with van der Waals surface area (Å²) in [7, 11) is 0. The molecule has 0 heterocycles. The molecule has 0 saturated heterocycles. The minimum atomic E-state index is -0.563. The van der Waals surface area contributed by atoms with Gasteiger partial charge in [-0.3, -0.25) is 4.79 Å². The van der Waals surface area contributed by atoms with Gasteiger partial charge in [-0.1, -0.05) is 23.7 Å². The van der Waals surface area contributed by atoms with Gasteiger partial charge in [-0.15, -0.1) is 0 Å². The highest BCUT2D eigenvalue weighted by molar-refractivity contribution is 6.30. The first kappa shape index (κ1) is 14.1. The Labute approximate surface area is 110 Å². The lowest BCUT2D eigenvalue weighted by atomic mass is 10.1. The number of carbonyl (C=O) groups is 1. The molecule has 0 aromatic heterocycles. The number of benzene rings is 1. The smallest absolute Gasteiger partial charge is 0.265 e. The van der Waals surface area contributed by atoms with E-state index in [-0.39, 0.29) is 11.3 Å². The van der Waals surface area contributed by atoms with Gasteiger partial charge in [0.05, 0.1) is 0 Å². The van der Waals surface area contributed by atoms with Crippen molar-refractivity contribution in [2.45, 2.75) is 13.3 Å². The van der Waals surface area contributed by atoms with E-state index in [9.17, 15) is 4.79 Å². The highest BCUT2D eigenvalue weighted by atomic mass is 35.5. The van der Waals surface area contributed by atoms with Crippen LogP contribution in [0.4, 0.5) is 0 Å². The number of nitrogens with zero attached hydrogens (tertiary/aromatic N) is 1. The van der Waals surface area contributed by atoms with Crippen LogP contribution in [0.3, 0.4) is 0 Å². The fourth-order valence-electron chi connectivity index (χ4n) is 1.36. The minimum absolute atomic E-state index is 0.258. The van der Waals surface area contributed by atoms with Crippen LogP contribution in [0.1, 0.15) is 12.5 Å². The van der Waals surface area contributed by atoms with Crippen LogP contribution in [-0.2, 0) is 11.2 Å². The van der Waals surface area contributed by atoms with Crippen LogP contribution in [0.5, 0.6) is 0 Å².